The number of likely N-dealkylation sites (N-methyl/N-ethyl adjacent to an activating group) is 1. The van der Waals surface area contributed by atoms with Crippen LogP contribution in [0.3, 0.4) is 0 Å². The van der Waals surface area contributed by atoms with Crippen molar-refractivity contribution < 1.29 is 23.7 Å². The van der Waals surface area contributed by atoms with E-state index in [0.29, 0.717) is 46.6 Å². The molecule has 4 aromatic rings. The zero-order chi connectivity index (χ0) is 26.9. The molecule has 0 aliphatic carbocycles. The van der Waals surface area contributed by atoms with Crippen molar-refractivity contribution in [2.24, 2.45) is 0 Å². The summed E-state index contributed by atoms with van der Waals surface area (Å²) in [6, 6.07) is 16.2. The second-order valence-corrected chi connectivity index (χ2v) is 9.26. The van der Waals surface area contributed by atoms with E-state index in [-0.39, 0.29) is 18.7 Å². The molecule has 11 heteroatoms. The average molecular weight is 529 g/mol. The van der Waals surface area contributed by atoms with Gasteiger partial charge in [0, 0.05) is 23.4 Å². The number of hydrogen-bond donors (Lipinski definition) is 1. The Hall–Kier alpha value is -4.64. The van der Waals surface area contributed by atoms with Gasteiger partial charge in [0.25, 0.3) is 5.91 Å². The fraction of sp³-hybridized carbons (Fsp3) is 0.286. The van der Waals surface area contributed by atoms with E-state index >= 15 is 0 Å². The fourth-order valence-electron chi connectivity index (χ4n) is 5.09. The largest absolute Gasteiger partial charge is 0.494 e. The van der Waals surface area contributed by atoms with Gasteiger partial charge in [-0.3, -0.25) is 9.69 Å². The number of benzene rings is 3. The van der Waals surface area contributed by atoms with Crippen LogP contribution < -0.4 is 24.3 Å². The minimum Gasteiger partial charge on any atom is -0.494 e. The monoisotopic (exact) mass is 528 g/mol. The molecule has 11 nitrogen and oxygen atoms in total. The molecule has 200 valence electrons. The second-order valence-electron chi connectivity index (χ2n) is 9.26. The predicted octanol–water partition coefficient (Wildman–Crippen LogP) is 3.63. The van der Waals surface area contributed by atoms with Crippen LogP contribution in [0.4, 0.5) is 5.69 Å². The van der Waals surface area contributed by atoms with E-state index in [1.54, 1.807) is 36.1 Å². The number of hydrogen-bond acceptors (Lipinski definition) is 9. The Morgan fingerprint density at radius 3 is 2.79 bits per heavy atom. The van der Waals surface area contributed by atoms with E-state index in [2.05, 4.69) is 25.7 Å². The molecule has 2 aliphatic rings. The normalized spacial score (nSPS) is 16.0. The van der Waals surface area contributed by atoms with Crippen molar-refractivity contribution in [3.8, 4) is 28.7 Å². The second kappa shape index (κ2) is 10.3. The molecule has 0 saturated heterocycles. The molecule has 0 saturated carbocycles. The first-order valence-corrected chi connectivity index (χ1v) is 12.7. The van der Waals surface area contributed by atoms with Gasteiger partial charge in [-0.2, -0.15) is 4.68 Å². The number of amides is 1. The van der Waals surface area contributed by atoms with Crippen LogP contribution in [0.15, 0.2) is 54.6 Å². The quantitative estimate of drug-likeness (QED) is 0.384. The first-order valence-electron chi connectivity index (χ1n) is 12.7. The number of carbonyl (C=O) groups is 1. The zero-order valence-corrected chi connectivity index (χ0v) is 21.9. The Balaban J connectivity index is 1.33. The minimum atomic E-state index is -0.311. The lowest BCUT2D eigenvalue weighted by atomic mass is 9.90. The molecule has 0 fully saturated rings. The summed E-state index contributed by atoms with van der Waals surface area (Å²) in [6.45, 7) is 3.45. The highest BCUT2D eigenvalue weighted by Gasteiger charge is 2.37. The summed E-state index contributed by atoms with van der Waals surface area (Å²) in [4.78, 5) is 15.3. The van der Waals surface area contributed by atoms with Gasteiger partial charge in [-0.15, -0.1) is 5.10 Å². The lowest BCUT2D eigenvalue weighted by molar-refractivity contribution is 0.102. The number of carbonyl (C=O) groups excluding carboxylic acids is 1. The summed E-state index contributed by atoms with van der Waals surface area (Å²) in [5.41, 5.74) is 3.84. The van der Waals surface area contributed by atoms with E-state index in [1.807, 2.05) is 44.3 Å². The average Bonchev–Trinajstić information content (AvgIpc) is 3.63. The van der Waals surface area contributed by atoms with Gasteiger partial charge in [0.2, 0.25) is 12.5 Å². The molecule has 1 N–H and O–H groups in total. The maximum Gasteiger partial charge on any atom is 0.255 e. The molecule has 1 atom stereocenters. The van der Waals surface area contributed by atoms with E-state index < -0.39 is 0 Å². The summed E-state index contributed by atoms with van der Waals surface area (Å²) < 4.78 is 24.4. The molecule has 39 heavy (non-hydrogen) atoms. The highest BCUT2D eigenvalue weighted by atomic mass is 16.7. The zero-order valence-electron chi connectivity index (χ0n) is 21.9. The van der Waals surface area contributed by atoms with Crippen LogP contribution in [0.2, 0.25) is 0 Å². The van der Waals surface area contributed by atoms with Gasteiger partial charge in [0.1, 0.15) is 11.8 Å². The van der Waals surface area contributed by atoms with Crippen LogP contribution in [0.25, 0.3) is 5.69 Å². The maximum absolute atomic E-state index is 13.1. The number of nitrogens with one attached hydrogen (secondary N) is 1. The predicted molar refractivity (Wildman–Crippen MR) is 142 cm³/mol. The number of rotatable bonds is 7. The van der Waals surface area contributed by atoms with Gasteiger partial charge < -0.3 is 24.3 Å². The lowest BCUT2D eigenvalue weighted by Gasteiger charge is -2.34. The molecule has 3 heterocycles. The number of nitrogens with zero attached hydrogens (tertiary/aromatic N) is 5. The van der Waals surface area contributed by atoms with E-state index in [9.17, 15) is 4.79 Å². The van der Waals surface area contributed by atoms with E-state index in [0.717, 1.165) is 29.8 Å². The van der Waals surface area contributed by atoms with Crippen LogP contribution in [0.1, 0.15) is 40.3 Å². The van der Waals surface area contributed by atoms with Crippen molar-refractivity contribution in [3.63, 3.8) is 0 Å². The minimum absolute atomic E-state index is 0.151. The summed E-state index contributed by atoms with van der Waals surface area (Å²) in [5, 5.41) is 15.6. The standard InChI is InChI=1S/C28H28N6O5/c1-4-37-21-10-8-19(9-11-21)29-28(35)18-6-5-7-20(14-18)34-27(30-31-32-34)24-23-17(12-13-33(24)2)15-22-25(26(23)36-3)39-16-38-22/h5-11,14-15,24H,4,12-13,16H2,1-3H3,(H,29,35)/t24-/m0/s1. The molecule has 2 aliphatic heterocycles. The highest BCUT2D eigenvalue weighted by Crippen LogP contribution is 2.50. The lowest BCUT2D eigenvalue weighted by Crippen LogP contribution is -2.35. The SMILES string of the molecule is CCOc1ccc(NC(=O)c2cccc(-n3nnnc3[C@@H]3c4c(cc5c(c4OC)OCO5)CCN3C)c2)cc1. The van der Waals surface area contributed by atoms with Crippen LogP contribution in [-0.4, -0.2) is 65.1 Å². The molecule has 6 rings (SSSR count). The molecule has 0 unspecified atom stereocenters. The topological polar surface area (TPSA) is 113 Å². The third-order valence-corrected chi connectivity index (χ3v) is 6.91. The third-order valence-electron chi connectivity index (χ3n) is 6.91. The van der Waals surface area contributed by atoms with Crippen molar-refractivity contribution in [1.29, 1.82) is 0 Å². The summed E-state index contributed by atoms with van der Waals surface area (Å²) in [6.07, 6.45) is 0.818. The van der Waals surface area contributed by atoms with Crippen LogP contribution >= 0.6 is 0 Å². The number of ether oxygens (including phenoxy) is 4. The Morgan fingerprint density at radius 2 is 2.00 bits per heavy atom. The molecular formula is C28H28N6O5. The van der Waals surface area contributed by atoms with Crippen molar-refractivity contribution in [2.75, 3.05) is 39.4 Å². The molecule has 1 aromatic heterocycles. The molecule has 0 spiro atoms. The van der Waals surface area contributed by atoms with Crippen molar-refractivity contribution >= 4 is 11.6 Å². The van der Waals surface area contributed by atoms with Crippen LogP contribution in [0, 0.1) is 0 Å². The fourth-order valence-corrected chi connectivity index (χ4v) is 5.09. The third kappa shape index (κ3) is 4.50. The summed E-state index contributed by atoms with van der Waals surface area (Å²) >= 11 is 0. The number of fused-ring (bicyclic) bond motifs is 2. The maximum atomic E-state index is 13.1. The molecule has 0 bridgehead atoms. The number of tetrazole rings is 1. The van der Waals surface area contributed by atoms with Crippen LogP contribution in [0.5, 0.6) is 23.0 Å². The van der Waals surface area contributed by atoms with Gasteiger partial charge in [0.05, 0.1) is 19.4 Å². The van der Waals surface area contributed by atoms with E-state index in [4.69, 9.17) is 18.9 Å². The number of aromatic nitrogens is 4. The van der Waals surface area contributed by atoms with E-state index in [1.165, 1.54) is 0 Å². The Labute approximate surface area is 225 Å². The molecule has 1 amide bonds. The Bertz CT molecular complexity index is 1520. The van der Waals surface area contributed by atoms with Gasteiger partial charge in [-0.05, 0) is 84.9 Å². The van der Waals surface area contributed by atoms with Crippen molar-refractivity contribution in [3.05, 3.63) is 77.1 Å². The Morgan fingerprint density at radius 1 is 1.15 bits per heavy atom. The summed E-state index contributed by atoms with van der Waals surface area (Å²) in [7, 11) is 3.65. The van der Waals surface area contributed by atoms with Gasteiger partial charge in [0.15, 0.2) is 17.3 Å². The highest BCUT2D eigenvalue weighted by molar-refractivity contribution is 6.04. The van der Waals surface area contributed by atoms with Crippen LogP contribution in [-0.2, 0) is 6.42 Å². The van der Waals surface area contributed by atoms with Crippen molar-refractivity contribution in [1.82, 2.24) is 25.1 Å². The first-order chi connectivity index (χ1) is 19.1. The van der Waals surface area contributed by atoms with Crippen molar-refractivity contribution in [2.45, 2.75) is 19.4 Å². The molecule has 0 radical (unpaired) electrons. The smallest absolute Gasteiger partial charge is 0.255 e. The Kier molecular flexibility index (Phi) is 6.49. The number of methoxy groups -OCH3 is 1. The number of anilines is 1. The molecule has 3 aromatic carbocycles. The first kappa shape index (κ1) is 24.7. The molecular weight excluding hydrogens is 500 g/mol. The van der Waals surface area contributed by atoms with Gasteiger partial charge in [-0.25, -0.2) is 0 Å². The summed E-state index contributed by atoms with van der Waals surface area (Å²) in [5.74, 6) is 2.99. The van der Waals surface area contributed by atoms with Gasteiger partial charge in [-0.1, -0.05) is 6.07 Å². The van der Waals surface area contributed by atoms with Gasteiger partial charge >= 0.3 is 0 Å².